The number of hydrogen-bond acceptors (Lipinski definition) is 5. The number of amides is 2. The zero-order valence-electron chi connectivity index (χ0n) is 15.5. The Morgan fingerprint density at radius 3 is 2.43 bits per heavy atom. The summed E-state index contributed by atoms with van der Waals surface area (Å²) in [7, 11) is 1.56. The molecule has 0 spiro atoms. The Kier molecular flexibility index (Phi) is 8.09. The van der Waals surface area contributed by atoms with E-state index in [9.17, 15) is 9.59 Å². The van der Waals surface area contributed by atoms with Crippen molar-refractivity contribution in [2.24, 2.45) is 5.10 Å². The fraction of sp³-hybridized carbons (Fsp3) is 0.190. The Labute approximate surface area is 163 Å². The van der Waals surface area contributed by atoms with E-state index in [4.69, 9.17) is 15.9 Å². The normalized spacial score (nSPS) is 10.1. The van der Waals surface area contributed by atoms with Gasteiger partial charge in [0.1, 0.15) is 18.1 Å². The number of methoxy groups -OCH3 is 1. The summed E-state index contributed by atoms with van der Waals surface area (Å²) in [6.45, 7) is 0.409. The second kappa shape index (κ2) is 11.0. The number of carbonyl (C=O) groups is 2. The van der Waals surface area contributed by atoms with Crippen molar-refractivity contribution in [1.29, 1.82) is 0 Å². The number of nitrogens with zero attached hydrogens (tertiary/aromatic N) is 1. The molecule has 0 aliphatic rings. The van der Waals surface area contributed by atoms with E-state index in [1.165, 1.54) is 6.21 Å². The van der Waals surface area contributed by atoms with Crippen LogP contribution in [0.25, 0.3) is 0 Å². The van der Waals surface area contributed by atoms with Crippen LogP contribution < -0.4 is 20.2 Å². The van der Waals surface area contributed by atoms with E-state index in [0.29, 0.717) is 17.1 Å². The quantitative estimate of drug-likeness (QED) is 0.396. The number of hydrogen-bond donors (Lipinski definition) is 2. The number of benzene rings is 2. The molecule has 7 heteroatoms. The Balaban J connectivity index is 1.69. The molecule has 0 saturated carbocycles. The summed E-state index contributed by atoms with van der Waals surface area (Å²) in [4.78, 5) is 23.8. The van der Waals surface area contributed by atoms with Crippen LogP contribution in [0.4, 0.5) is 0 Å². The van der Waals surface area contributed by atoms with Gasteiger partial charge in [-0.1, -0.05) is 5.92 Å². The molecule has 0 saturated heterocycles. The van der Waals surface area contributed by atoms with Crippen LogP contribution in [0, 0.1) is 12.3 Å². The molecule has 0 unspecified atom stereocenters. The van der Waals surface area contributed by atoms with E-state index in [0.717, 1.165) is 5.56 Å². The fourth-order valence-electron chi connectivity index (χ4n) is 2.14. The van der Waals surface area contributed by atoms with Crippen molar-refractivity contribution < 1.29 is 19.1 Å². The first-order valence-corrected chi connectivity index (χ1v) is 8.53. The summed E-state index contributed by atoms with van der Waals surface area (Å²) in [5.74, 6) is 3.15. The molecule has 28 heavy (non-hydrogen) atoms. The highest BCUT2D eigenvalue weighted by molar-refractivity contribution is 5.94. The van der Waals surface area contributed by atoms with E-state index < -0.39 is 0 Å². The van der Waals surface area contributed by atoms with Crippen LogP contribution >= 0.6 is 0 Å². The van der Waals surface area contributed by atoms with Crippen LogP contribution in [-0.4, -0.2) is 38.3 Å². The molecule has 0 aliphatic carbocycles. The van der Waals surface area contributed by atoms with Crippen molar-refractivity contribution in [3.05, 3.63) is 59.7 Å². The first-order valence-electron chi connectivity index (χ1n) is 8.53. The highest BCUT2D eigenvalue weighted by Crippen LogP contribution is 2.11. The predicted octanol–water partition coefficient (Wildman–Crippen LogP) is 1.98. The summed E-state index contributed by atoms with van der Waals surface area (Å²) in [6, 6.07) is 13.8. The van der Waals surface area contributed by atoms with Crippen molar-refractivity contribution in [2.75, 3.05) is 20.3 Å². The topological polar surface area (TPSA) is 89.0 Å². The van der Waals surface area contributed by atoms with E-state index in [-0.39, 0.29) is 31.4 Å². The average Bonchev–Trinajstić information content (AvgIpc) is 2.73. The van der Waals surface area contributed by atoms with Gasteiger partial charge in [0.05, 0.1) is 13.3 Å². The molecule has 2 aromatic carbocycles. The van der Waals surface area contributed by atoms with Gasteiger partial charge in [-0.25, -0.2) is 5.43 Å². The zero-order chi connectivity index (χ0) is 20.2. The number of ether oxygens (including phenoxy) is 2. The monoisotopic (exact) mass is 379 g/mol. The third-order valence-electron chi connectivity index (χ3n) is 3.59. The molecule has 2 amide bonds. The van der Waals surface area contributed by atoms with Gasteiger partial charge in [0.15, 0.2) is 0 Å². The number of carbonyl (C=O) groups excluding carboxylic acids is 2. The lowest BCUT2D eigenvalue weighted by atomic mass is 10.2. The molecular weight excluding hydrogens is 358 g/mol. The van der Waals surface area contributed by atoms with E-state index >= 15 is 0 Å². The second-order valence-electron chi connectivity index (χ2n) is 5.59. The van der Waals surface area contributed by atoms with Crippen LogP contribution in [0.5, 0.6) is 11.5 Å². The molecule has 2 aromatic rings. The van der Waals surface area contributed by atoms with Crippen LogP contribution in [0.3, 0.4) is 0 Å². The Bertz CT molecular complexity index is 853. The summed E-state index contributed by atoms with van der Waals surface area (Å²) in [6.07, 6.45) is 6.75. The minimum Gasteiger partial charge on any atom is -0.497 e. The third kappa shape index (κ3) is 6.84. The van der Waals surface area contributed by atoms with Gasteiger partial charge < -0.3 is 14.8 Å². The summed E-state index contributed by atoms with van der Waals surface area (Å²) in [5, 5.41) is 6.56. The average molecular weight is 379 g/mol. The predicted molar refractivity (Wildman–Crippen MR) is 106 cm³/mol. The molecule has 2 N–H and O–H groups in total. The van der Waals surface area contributed by atoms with Gasteiger partial charge in [-0.15, -0.1) is 6.42 Å². The Morgan fingerprint density at radius 1 is 1.11 bits per heavy atom. The van der Waals surface area contributed by atoms with Gasteiger partial charge in [0.25, 0.3) is 5.91 Å². The van der Waals surface area contributed by atoms with Crippen LogP contribution in [-0.2, 0) is 4.79 Å². The smallest absolute Gasteiger partial charge is 0.251 e. The maximum absolute atomic E-state index is 12.0. The van der Waals surface area contributed by atoms with Gasteiger partial charge >= 0.3 is 0 Å². The van der Waals surface area contributed by atoms with Crippen molar-refractivity contribution in [1.82, 2.24) is 10.7 Å². The van der Waals surface area contributed by atoms with Gasteiger partial charge in [-0.05, 0) is 54.1 Å². The van der Waals surface area contributed by atoms with Crippen molar-refractivity contribution in [3.8, 4) is 23.8 Å². The zero-order valence-corrected chi connectivity index (χ0v) is 15.5. The fourth-order valence-corrected chi connectivity index (χ4v) is 2.14. The lowest BCUT2D eigenvalue weighted by Gasteiger charge is -2.05. The Morgan fingerprint density at radius 2 is 1.79 bits per heavy atom. The molecule has 0 heterocycles. The van der Waals surface area contributed by atoms with E-state index in [2.05, 4.69) is 21.8 Å². The number of nitrogens with one attached hydrogen (secondary N) is 2. The van der Waals surface area contributed by atoms with Crippen molar-refractivity contribution >= 4 is 18.0 Å². The maximum Gasteiger partial charge on any atom is 0.251 e. The molecule has 7 nitrogen and oxygen atoms in total. The van der Waals surface area contributed by atoms with Crippen LogP contribution in [0.1, 0.15) is 22.3 Å². The van der Waals surface area contributed by atoms with Crippen molar-refractivity contribution in [2.45, 2.75) is 6.42 Å². The van der Waals surface area contributed by atoms with Crippen LogP contribution in [0.2, 0.25) is 0 Å². The standard InChI is InChI=1S/C21H21N3O4/c1-3-14-28-19-8-4-16(5-9-19)15-23-24-20(25)12-13-22-21(26)17-6-10-18(27-2)11-7-17/h1,4-11,15H,12-14H2,2H3,(H,22,26)(H,24,25). The highest BCUT2D eigenvalue weighted by atomic mass is 16.5. The van der Waals surface area contributed by atoms with Gasteiger partial charge in [-0.2, -0.15) is 5.10 Å². The molecule has 0 fully saturated rings. The molecule has 2 rings (SSSR count). The van der Waals surface area contributed by atoms with Crippen LogP contribution in [0.15, 0.2) is 53.6 Å². The first-order chi connectivity index (χ1) is 13.6. The number of terminal acetylenes is 1. The van der Waals surface area contributed by atoms with Gasteiger partial charge in [0.2, 0.25) is 5.91 Å². The van der Waals surface area contributed by atoms with Gasteiger partial charge in [0, 0.05) is 18.5 Å². The Hall–Kier alpha value is -3.79. The van der Waals surface area contributed by atoms with Crippen molar-refractivity contribution in [3.63, 3.8) is 0 Å². The van der Waals surface area contributed by atoms with E-state index in [1.807, 2.05) is 0 Å². The molecule has 0 radical (unpaired) electrons. The maximum atomic E-state index is 12.0. The largest absolute Gasteiger partial charge is 0.497 e. The molecule has 0 bridgehead atoms. The molecule has 144 valence electrons. The minimum atomic E-state index is -0.305. The number of hydrazone groups is 1. The lowest BCUT2D eigenvalue weighted by molar-refractivity contribution is -0.120. The third-order valence-corrected chi connectivity index (χ3v) is 3.59. The molecule has 0 aromatic heterocycles. The van der Waals surface area contributed by atoms with Gasteiger partial charge in [-0.3, -0.25) is 9.59 Å². The molecular formula is C21H21N3O4. The summed E-state index contributed by atoms with van der Waals surface area (Å²) < 4.78 is 10.3. The highest BCUT2D eigenvalue weighted by Gasteiger charge is 2.06. The SMILES string of the molecule is C#CCOc1ccc(C=NNC(=O)CCNC(=O)c2ccc(OC)cc2)cc1. The van der Waals surface area contributed by atoms with E-state index in [1.54, 1.807) is 55.6 Å². The second-order valence-corrected chi connectivity index (χ2v) is 5.59. The summed E-state index contributed by atoms with van der Waals surface area (Å²) in [5.41, 5.74) is 3.70. The first kappa shape index (κ1) is 20.5. The lowest BCUT2D eigenvalue weighted by Crippen LogP contribution is -2.29. The number of rotatable bonds is 9. The molecule has 0 aliphatic heterocycles. The molecule has 0 atom stereocenters. The minimum absolute atomic E-state index is 0.109. The summed E-state index contributed by atoms with van der Waals surface area (Å²) >= 11 is 0.